The highest BCUT2D eigenvalue weighted by Gasteiger charge is 2.56. The van der Waals surface area contributed by atoms with Crippen molar-refractivity contribution < 1.29 is 33.1 Å². The smallest absolute Gasteiger partial charge is 0.408 e. The van der Waals surface area contributed by atoms with Crippen molar-refractivity contribution in [2.45, 2.75) is 70.7 Å². The molecule has 1 spiro atoms. The Morgan fingerprint density at radius 2 is 1.71 bits per heavy atom. The number of rotatable bonds is 12. The number of nitrogens with one attached hydrogen (secondary N) is 3. The highest BCUT2D eigenvalue weighted by molar-refractivity contribution is 6.07. The second kappa shape index (κ2) is 14.4. The predicted molar refractivity (Wildman–Crippen MR) is 177 cm³/mol. The van der Waals surface area contributed by atoms with Gasteiger partial charge in [-0.25, -0.2) is 9.18 Å². The molecule has 0 unspecified atom stereocenters. The van der Waals surface area contributed by atoms with E-state index in [4.69, 9.17) is 4.74 Å². The minimum atomic E-state index is -1.07. The van der Waals surface area contributed by atoms with Gasteiger partial charge in [-0.1, -0.05) is 81.4 Å². The maximum atomic E-state index is 14.4. The Hall–Kier alpha value is -5.06. The van der Waals surface area contributed by atoms with Crippen LogP contribution in [0.2, 0.25) is 0 Å². The molecular weight excluding hydrogens is 615 g/mol. The Kier molecular flexibility index (Phi) is 10.3. The number of ketones is 1. The number of likely N-dealkylation sites (tertiary alicyclic amines) is 1. The SMILES string of the molecule is CC(C)(C)C[C@H](CC(=O)[C@H](Cc1ccc(F)cc1)NC(=O)OCc1ccccc1)C(=O)N1C[C@]2(C[C@H]1NC=O)C(=O)Nc1ccccc12. The standard InChI is InChI=1S/C37H41FN4O6/c1-36(2,3)19-26(33(45)42-22-37(20-32(42)39-23-43)28-11-7-8-12-29(28)40-34(37)46)18-31(44)30(17-24-13-15-27(38)16-14-24)41-35(47)48-21-25-9-5-4-6-10-25/h4-16,23,26,30,32H,17-22H2,1-3H3,(H,39,43)(H,40,46)(H,41,47)/t26-,30-,32-,37-/m0/s1. The summed E-state index contributed by atoms with van der Waals surface area (Å²) in [5, 5.41) is 8.30. The van der Waals surface area contributed by atoms with Crippen LogP contribution in [-0.2, 0) is 42.4 Å². The predicted octanol–water partition coefficient (Wildman–Crippen LogP) is 4.87. The summed E-state index contributed by atoms with van der Waals surface area (Å²) in [6.07, 6.45) is -0.740. The van der Waals surface area contributed by atoms with Crippen molar-refractivity contribution in [1.29, 1.82) is 0 Å². The zero-order valence-electron chi connectivity index (χ0n) is 27.3. The number of amides is 4. The van der Waals surface area contributed by atoms with Gasteiger partial charge in [0.1, 0.15) is 18.6 Å². The molecule has 252 valence electrons. The van der Waals surface area contributed by atoms with Gasteiger partial charge < -0.3 is 25.6 Å². The van der Waals surface area contributed by atoms with Gasteiger partial charge in [0, 0.05) is 31.0 Å². The van der Waals surface area contributed by atoms with E-state index in [1.807, 2.05) is 57.2 Å². The summed E-state index contributed by atoms with van der Waals surface area (Å²) < 4.78 is 19.1. The molecule has 0 bridgehead atoms. The number of alkyl carbamates (subject to hydrolysis) is 1. The summed E-state index contributed by atoms with van der Waals surface area (Å²) in [6.45, 7) is 5.90. The third kappa shape index (κ3) is 7.90. The lowest BCUT2D eigenvalue weighted by Gasteiger charge is -2.32. The molecule has 2 heterocycles. The van der Waals surface area contributed by atoms with E-state index >= 15 is 0 Å². The average Bonchev–Trinajstić information content (AvgIpc) is 3.57. The first-order valence-corrected chi connectivity index (χ1v) is 16.0. The molecular formula is C37H41FN4O6. The van der Waals surface area contributed by atoms with Crippen LogP contribution >= 0.6 is 0 Å². The Morgan fingerprint density at radius 3 is 2.40 bits per heavy atom. The van der Waals surface area contributed by atoms with Gasteiger partial charge in [-0.05, 0) is 53.1 Å². The number of para-hydroxylation sites is 1. The van der Waals surface area contributed by atoms with Crippen LogP contribution in [0.3, 0.4) is 0 Å². The van der Waals surface area contributed by atoms with Crippen LogP contribution in [0, 0.1) is 17.2 Å². The first-order chi connectivity index (χ1) is 22.9. The molecule has 11 heteroatoms. The fourth-order valence-electron chi connectivity index (χ4n) is 6.71. The molecule has 0 radical (unpaired) electrons. The Balaban J connectivity index is 1.39. The van der Waals surface area contributed by atoms with Gasteiger partial charge in [-0.15, -0.1) is 0 Å². The van der Waals surface area contributed by atoms with Crippen molar-refractivity contribution in [3.8, 4) is 0 Å². The highest BCUT2D eigenvalue weighted by atomic mass is 19.1. The summed E-state index contributed by atoms with van der Waals surface area (Å²) in [7, 11) is 0. The van der Waals surface area contributed by atoms with E-state index < -0.39 is 41.2 Å². The molecule has 3 aromatic rings. The van der Waals surface area contributed by atoms with Crippen molar-refractivity contribution >= 4 is 35.8 Å². The molecule has 1 fully saturated rings. The number of Topliss-reactive ketones (excluding diaryl/α,β-unsaturated/α-hetero) is 1. The largest absolute Gasteiger partial charge is 0.445 e. The molecule has 1 saturated heterocycles. The fraction of sp³-hybridized carbons (Fsp3) is 0.378. The van der Waals surface area contributed by atoms with E-state index in [1.54, 1.807) is 18.2 Å². The van der Waals surface area contributed by atoms with Crippen LogP contribution in [0.25, 0.3) is 0 Å². The third-order valence-corrected chi connectivity index (χ3v) is 8.93. The van der Waals surface area contributed by atoms with E-state index in [0.29, 0.717) is 24.1 Å². The van der Waals surface area contributed by atoms with Gasteiger partial charge in [-0.2, -0.15) is 0 Å². The summed E-state index contributed by atoms with van der Waals surface area (Å²) >= 11 is 0. The van der Waals surface area contributed by atoms with Gasteiger partial charge in [0.15, 0.2) is 5.78 Å². The van der Waals surface area contributed by atoms with Crippen molar-refractivity contribution in [3.05, 3.63) is 101 Å². The van der Waals surface area contributed by atoms with Crippen molar-refractivity contribution in [2.24, 2.45) is 11.3 Å². The van der Waals surface area contributed by atoms with Crippen LogP contribution in [-0.4, -0.2) is 53.8 Å². The lowest BCUT2D eigenvalue weighted by molar-refractivity contribution is -0.141. The second-order valence-electron chi connectivity index (χ2n) is 13.8. The van der Waals surface area contributed by atoms with Gasteiger partial charge in [-0.3, -0.25) is 19.2 Å². The number of anilines is 1. The summed E-state index contributed by atoms with van der Waals surface area (Å²) in [6, 6.07) is 20.9. The number of hydrogen-bond acceptors (Lipinski definition) is 6. The van der Waals surface area contributed by atoms with Crippen LogP contribution in [0.5, 0.6) is 0 Å². The van der Waals surface area contributed by atoms with E-state index in [9.17, 15) is 28.4 Å². The number of fused-ring (bicyclic) bond motifs is 2. The molecule has 2 aliphatic heterocycles. The van der Waals surface area contributed by atoms with Crippen molar-refractivity contribution in [3.63, 3.8) is 0 Å². The second-order valence-corrected chi connectivity index (χ2v) is 13.8. The summed E-state index contributed by atoms with van der Waals surface area (Å²) in [5.41, 5.74) is 1.36. The van der Waals surface area contributed by atoms with E-state index in [0.717, 1.165) is 11.1 Å². The number of nitrogens with zero attached hydrogens (tertiary/aromatic N) is 1. The van der Waals surface area contributed by atoms with Gasteiger partial charge in [0.05, 0.1) is 11.5 Å². The minimum absolute atomic E-state index is 0.00615. The molecule has 3 N–H and O–H groups in total. The fourth-order valence-corrected chi connectivity index (χ4v) is 6.71. The van der Waals surface area contributed by atoms with Crippen LogP contribution in [0.4, 0.5) is 14.9 Å². The number of benzene rings is 3. The maximum Gasteiger partial charge on any atom is 0.408 e. The topological polar surface area (TPSA) is 134 Å². The molecule has 3 aromatic carbocycles. The van der Waals surface area contributed by atoms with Gasteiger partial charge in [0.2, 0.25) is 18.2 Å². The molecule has 2 aliphatic rings. The Labute approximate surface area is 279 Å². The number of hydrogen-bond donors (Lipinski definition) is 3. The molecule has 10 nitrogen and oxygen atoms in total. The molecule has 4 atom stereocenters. The van der Waals surface area contributed by atoms with E-state index in [2.05, 4.69) is 16.0 Å². The van der Waals surface area contributed by atoms with E-state index in [-0.39, 0.29) is 49.6 Å². The number of halogens is 1. The normalized spacial score (nSPS) is 19.6. The van der Waals surface area contributed by atoms with E-state index in [1.165, 1.54) is 29.2 Å². The summed E-state index contributed by atoms with van der Waals surface area (Å²) in [4.78, 5) is 68.0. The lowest BCUT2D eigenvalue weighted by Crippen LogP contribution is -2.49. The first kappa shape index (κ1) is 34.3. The molecule has 0 saturated carbocycles. The minimum Gasteiger partial charge on any atom is -0.445 e. The number of carbonyl (C=O) groups excluding carboxylic acids is 5. The van der Waals surface area contributed by atoms with Gasteiger partial charge in [0.25, 0.3) is 0 Å². The van der Waals surface area contributed by atoms with Crippen LogP contribution < -0.4 is 16.0 Å². The van der Waals surface area contributed by atoms with Crippen molar-refractivity contribution in [2.75, 3.05) is 11.9 Å². The maximum absolute atomic E-state index is 14.4. The molecule has 0 aromatic heterocycles. The van der Waals surface area contributed by atoms with Gasteiger partial charge >= 0.3 is 6.09 Å². The molecule has 48 heavy (non-hydrogen) atoms. The monoisotopic (exact) mass is 656 g/mol. The zero-order valence-corrected chi connectivity index (χ0v) is 27.3. The summed E-state index contributed by atoms with van der Waals surface area (Å²) in [5.74, 6) is -2.30. The average molecular weight is 657 g/mol. The Bertz CT molecular complexity index is 1660. The zero-order chi connectivity index (χ0) is 34.5. The van der Waals surface area contributed by atoms with Crippen LogP contribution in [0.1, 0.15) is 56.7 Å². The number of carbonyl (C=O) groups is 5. The van der Waals surface area contributed by atoms with Crippen molar-refractivity contribution in [1.82, 2.24) is 15.5 Å². The lowest BCUT2D eigenvalue weighted by atomic mass is 9.80. The Morgan fingerprint density at radius 1 is 1.02 bits per heavy atom. The molecule has 0 aliphatic carbocycles. The highest BCUT2D eigenvalue weighted by Crippen LogP contribution is 2.46. The number of ether oxygens (including phenoxy) is 1. The van der Waals surface area contributed by atoms with Crippen LogP contribution in [0.15, 0.2) is 78.9 Å². The molecule has 5 rings (SSSR count). The quantitative estimate of drug-likeness (QED) is 0.238. The third-order valence-electron chi connectivity index (χ3n) is 8.93. The first-order valence-electron chi connectivity index (χ1n) is 16.0. The molecule has 4 amide bonds.